The fourth-order valence-corrected chi connectivity index (χ4v) is 3.31. The van der Waals surface area contributed by atoms with Crippen molar-refractivity contribution >= 4 is 5.91 Å². The molecule has 6 heteroatoms. The number of aryl methyl sites for hydroxylation is 1. The molecule has 23 heavy (non-hydrogen) atoms. The predicted molar refractivity (Wildman–Crippen MR) is 90.2 cm³/mol. The first-order chi connectivity index (χ1) is 11.1. The van der Waals surface area contributed by atoms with Gasteiger partial charge in [0.25, 0.3) is 0 Å². The maximum absolute atomic E-state index is 12.1. The Morgan fingerprint density at radius 2 is 2.09 bits per heavy atom. The van der Waals surface area contributed by atoms with Gasteiger partial charge in [0, 0.05) is 37.4 Å². The number of nitrogens with zero attached hydrogens (tertiary/aromatic N) is 3. The normalized spacial score (nSPS) is 21.3. The number of nitrogens with one attached hydrogen (secondary N) is 2. The topological polar surface area (TPSA) is 62.2 Å². The third kappa shape index (κ3) is 5.04. The molecule has 0 spiro atoms. The molecule has 1 amide bonds. The summed E-state index contributed by atoms with van der Waals surface area (Å²) in [6, 6.07) is 1.42. The van der Waals surface area contributed by atoms with Crippen molar-refractivity contribution < 1.29 is 4.79 Å². The van der Waals surface area contributed by atoms with E-state index in [-0.39, 0.29) is 11.9 Å². The molecule has 1 aromatic heterocycles. The number of hydrogen-bond donors (Lipinski definition) is 2. The SMILES string of the molecule is Cc1cnn(CC(C)NCC(=O)NC2CCN(C3CC3)CC2)c1. The van der Waals surface area contributed by atoms with E-state index in [1.54, 1.807) is 0 Å². The zero-order valence-corrected chi connectivity index (χ0v) is 14.3. The van der Waals surface area contributed by atoms with Crippen LogP contribution in [0.3, 0.4) is 0 Å². The van der Waals surface area contributed by atoms with Crippen LogP contribution in [-0.2, 0) is 11.3 Å². The monoisotopic (exact) mass is 319 g/mol. The van der Waals surface area contributed by atoms with Crippen LogP contribution >= 0.6 is 0 Å². The standard InChI is InChI=1S/C17H29N5O/c1-13-9-19-22(11-13)12-14(2)18-10-17(23)20-15-5-7-21(8-6-15)16-3-4-16/h9,11,14-16,18H,3-8,10,12H2,1-2H3,(H,20,23). The number of likely N-dealkylation sites (tertiary alicyclic amines) is 1. The highest BCUT2D eigenvalue weighted by Gasteiger charge is 2.32. The van der Waals surface area contributed by atoms with Crippen LogP contribution in [0.1, 0.15) is 38.2 Å². The minimum atomic E-state index is 0.110. The Balaban J connectivity index is 1.31. The fraction of sp³-hybridized carbons (Fsp3) is 0.765. The molecule has 1 unspecified atom stereocenters. The molecule has 0 aromatic carbocycles. The van der Waals surface area contributed by atoms with Gasteiger partial charge in [0.15, 0.2) is 0 Å². The molecule has 1 saturated carbocycles. The lowest BCUT2D eigenvalue weighted by Gasteiger charge is -2.32. The van der Waals surface area contributed by atoms with Crippen molar-refractivity contribution in [3.05, 3.63) is 18.0 Å². The first-order valence-corrected chi connectivity index (χ1v) is 8.86. The second-order valence-corrected chi connectivity index (χ2v) is 7.13. The molecule has 0 radical (unpaired) electrons. The highest BCUT2D eigenvalue weighted by atomic mass is 16.2. The van der Waals surface area contributed by atoms with E-state index in [0.717, 1.165) is 44.1 Å². The number of carbonyl (C=O) groups is 1. The molecule has 1 aliphatic carbocycles. The van der Waals surface area contributed by atoms with Crippen LogP contribution in [0.2, 0.25) is 0 Å². The Morgan fingerprint density at radius 1 is 1.35 bits per heavy atom. The van der Waals surface area contributed by atoms with Gasteiger partial charge in [-0.15, -0.1) is 0 Å². The molecular weight excluding hydrogens is 290 g/mol. The van der Waals surface area contributed by atoms with Crippen molar-refractivity contribution in [3.8, 4) is 0 Å². The predicted octanol–water partition coefficient (Wildman–Crippen LogP) is 0.913. The van der Waals surface area contributed by atoms with Gasteiger partial charge in [0.2, 0.25) is 5.91 Å². The molecule has 3 rings (SSSR count). The largest absolute Gasteiger partial charge is 0.352 e. The van der Waals surface area contributed by atoms with Crippen molar-refractivity contribution in [3.63, 3.8) is 0 Å². The van der Waals surface area contributed by atoms with Crippen LogP contribution in [-0.4, -0.2) is 58.3 Å². The highest BCUT2D eigenvalue weighted by molar-refractivity contribution is 5.78. The van der Waals surface area contributed by atoms with E-state index in [1.807, 2.05) is 24.0 Å². The lowest BCUT2D eigenvalue weighted by atomic mass is 10.0. The summed E-state index contributed by atoms with van der Waals surface area (Å²) < 4.78 is 1.92. The van der Waals surface area contributed by atoms with Crippen LogP contribution < -0.4 is 10.6 Å². The Morgan fingerprint density at radius 3 is 2.70 bits per heavy atom. The van der Waals surface area contributed by atoms with Crippen molar-refractivity contribution in [1.82, 2.24) is 25.3 Å². The van der Waals surface area contributed by atoms with E-state index in [4.69, 9.17) is 0 Å². The van der Waals surface area contributed by atoms with E-state index in [1.165, 1.54) is 12.8 Å². The molecule has 128 valence electrons. The third-order valence-electron chi connectivity index (χ3n) is 4.79. The van der Waals surface area contributed by atoms with E-state index in [9.17, 15) is 4.79 Å². The van der Waals surface area contributed by atoms with Crippen LogP contribution in [0.15, 0.2) is 12.4 Å². The van der Waals surface area contributed by atoms with Crippen LogP contribution in [0, 0.1) is 6.92 Å². The summed E-state index contributed by atoms with van der Waals surface area (Å²) in [6.07, 6.45) is 8.79. The second-order valence-electron chi connectivity index (χ2n) is 7.13. The van der Waals surface area contributed by atoms with E-state index in [0.29, 0.717) is 12.6 Å². The molecular formula is C17H29N5O. The molecule has 0 bridgehead atoms. The minimum Gasteiger partial charge on any atom is -0.352 e. The molecule has 2 heterocycles. The van der Waals surface area contributed by atoms with Crippen molar-refractivity contribution in [2.24, 2.45) is 0 Å². The quantitative estimate of drug-likeness (QED) is 0.784. The van der Waals surface area contributed by atoms with Gasteiger partial charge >= 0.3 is 0 Å². The molecule has 1 saturated heterocycles. The highest BCUT2D eigenvalue weighted by Crippen LogP contribution is 2.29. The van der Waals surface area contributed by atoms with E-state index in [2.05, 4.69) is 27.6 Å². The summed E-state index contributed by atoms with van der Waals surface area (Å²) in [7, 11) is 0. The number of aromatic nitrogens is 2. The summed E-state index contributed by atoms with van der Waals surface area (Å²) in [5.74, 6) is 0.110. The van der Waals surface area contributed by atoms with Crippen molar-refractivity contribution in [2.45, 2.75) is 64.2 Å². The van der Waals surface area contributed by atoms with Gasteiger partial charge in [-0.3, -0.25) is 9.48 Å². The zero-order chi connectivity index (χ0) is 16.2. The number of rotatable bonds is 7. The van der Waals surface area contributed by atoms with E-state index >= 15 is 0 Å². The van der Waals surface area contributed by atoms with Gasteiger partial charge in [-0.05, 0) is 45.1 Å². The lowest BCUT2D eigenvalue weighted by molar-refractivity contribution is -0.121. The first kappa shape index (κ1) is 16.5. The molecule has 1 aromatic rings. The second kappa shape index (κ2) is 7.45. The zero-order valence-electron chi connectivity index (χ0n) is 14.3. The molecule has 1 atom stereocenters. The van der Waals surface area contributed by atoms with Crippen LogP contribution in [0.4, 0.5) is 0 Å². The fourth-order valence-electron chi connectivity index (χ4n) is 3.31. The molecule has 2 N–H and O–H groups in total. The number of hydrogen-bond acceptors (Lipinski definition) is 4. The summed E-state index contributed by atoms with van der Waals surface area (Å²) in [6.45, 7) is 7.54. The average molecular weight is 319 g/mol. The van der Waals surface area contributed by atoms with Gasteiger partial charge in [0.05, 0.1) is 19.3 Å². The summed E-state index contributed by atoms with van der Waals surface area (Å²) in [4.78, 5) is 14.7. The average Bonchev–Trinajstić information content (AvgIpc) is 3.30. The lowest BCUT2D eigenvalue weighted by Crippen LogP contribution is -2.48. The van der Waals surface area contributed by atoms with Gasteiger partial charge < -0.3 is 15.5 Å². The number of carbonyl (C=O) groups excluding carboxylic acids is 1. The van der Waals surface area contributed by atoms with Gasteiger partial charge in [-0.25, -0.2) is 0 Å². The summed E-state index contributed by atoms with van der Waals surface area (Å²) in [5, 5.41) is 10.7. The smallest absolute Gasteiger partial charge is 0.234 e. The number of amides is 1. The molecule has 6 nitrogen and oxygen atoms in total. The van der Waals surface area contributed by atoms with Gasteiger partial charge in [0.1, 0.15) is 0 Å². The maximum Gasteiger partial charge on any atom is 0.234 e. The summed E-state index contributed by atoms with van der Waals surface area (Å²) in [5.41, 5.74) is 1.16. The third-order valence-corrected chi connectivity index (χ3v) is 4.79. The van der Waals surface area contributed by atoms with Crippen molar-refractivity contribution in [1.29, 1.82) is 0 Å². The molecule has 1 aliphatic heterocycles. The molecule has 2 fully saturated rings. The summed E-state index contributed by atoms with van der Waals surface area (Å²) >= 11 is 0. The Bertz CT molecular complexity index is 517. The first-order valence-electron chi connectivity index (χ1n) is 8.86. The Hall–Kier alpha value is -1.40. The van der Waals surface area contributed by atoms with Gasteiger partial charge in [-0.1, -0.05) is 0 Å². The van der Waals surface area contributed by atoms with Crippen molar-refractivity contribution in [2.75, 3.05) is 19.6 Å². The van der Waals surface area contributed by atoms with Crippen LogP contribution in [0.5, 0.6) is 0 Å². The minimum absolute atomic E-state index is 0.110. The Kier molecular flexibility index (Phi) is 5.33. The molecule has 2 aliphatic rings. The Labute approximate surface area is 138 Å². The van der Waals surface area contributed by atoms with Gasteiger partial charge in [-0.2, -0.15) is 5.10 Å². The van der Waals surface area contributed by atoms with Crippen LogP contribution in [0.25, 0.3) is 0 Å². The van der Waals surface area contributed by atoms with E-state index < -0.39 is 0 Å². The maximum atomic E-state index is 12.1. The number of piperidine rings is 1.